The van der Waals surface area contributed by atoms with Gasteiger partial charge in [0.1, 0.15) is 11.6 Å². The molecule has 1 atom stereocenters. The van der Waals surface area contributed by atoms with Crippen molar-refractivity contribution in [3.63, 3.8) is 0 Å². The highest BCUT2D eigenvalue weighted by molar-refractivity contribution is 6.31. The molecule has 168 valence electrons. The molecule has 5 heteroatoms. The summed E-state index contributed by atoms with van der Waals surface area (Å²) in [6.07, 6.45) is 2.74. The number of halogens is 1. The maximum atomic E-state index is 12.8. The van der Waals surface area contributed by atoms with Gasteiger partial charge in [0.2, 0.25) is 0 Å². The van der Waals surface area contributed by atoms with E-state index in [-0.39, 0.29) is 11.1 Å². The Morgan fingerprint density at radius 3 is 2.62 bits per heavy atom. The number of carbonyl (C=O) groups is 1. The number of amides is 1. The molecule has 2 aromatic carbocycles. The van der Waals surface area contributed by atoms with Crippen LogP contribution in [0.2, 0.25) is 5.02 Å². The summed E-state index contributed by atoms with van der Waals surface area (Å²) in [7, 11) is 0. The Balaban J connectivity index is 2.01. The highest BCUT2D eigenvalue weighted by Crippen LogP contribution is 2.45. The molecule has 1 aliphatic rings. The van der Waals surface area contributed by atoms with Crippen LogP contribution in [0.4, 0.5) is 11.4 Å². The van der Waals surface area contributed by atoms with Gasteiger partial charge in [0.05, 0.1) is 0 Å². The summed E-state index contributed by atoms with van der Waals surface area (Å²) < 4.78 is 0. The first-order valence-corrected chi connectivity index (χ1v) is 11.5. The quantitative estimate of drug-likeness (QED) is 0.403. The van der Waals surface area contributed by atoms with Crippen molar-refractivity contribution in [2.45, 2.75) is 72.4 Å². The van der Waals surface area contributed by atoms with Crippen molar-refractivity contribution in [2.24, 2.45) is 0 Å². The largest absolute Gasteiger partial charge is 0.364 e. The van der Waals surface area contributed by atoms with Crippen LogP contribution in [-0.2, 0) is 4.79 Å². The molecular weight excluding hydrogens is 418 g/mol. The number of hydrogen-bond donors (Lipinski definition) is 1. The van der Waals surface area contributed by atoms with E-state index in [1.165, 1.54) is 11.3 Å². The van der Waals surface area contributed by atoms with Gasteiger partial charge in [-0.05, 0) is 106 Å². The highest BCUT2D eigenvalue weighted by atomic mass is 35.5. The number of nitriles is 1. The van der Waals surface area contributed by atoms with E-state index in [2.05, 4.69) is 63.0 Å². The third kappa shape index (κ3) is 4.54. The average Bonchev–Trinajstić information content (AvgIpc) is 2.69. The van der Waals surface area contributed by atoms with Crippen LogP contribution >= 0.6 is 11.6 Å². The van der Waals surface area contributed by atoms with Crippen molar-refractivity contribution in [3.05, 3.63) is 63.2 Å². The standard InChI is InChI=1S/C27H32ClN3O/c1-16(2)31-25-11-17(3)20(13-22(25)18(4)14-27(31,6)7)12-21(15-29)26(32)30-24-10-8-9-23(28)19(24)5/h8-13,16,18H,14H2,1-7H3,(H,30,32)/b21-12-. The first-order chi connectivity index (χ1) is 15.0. The van der Waals surface area contributed by atoms with Crippen molar-refractivity contribution < 1.29 is 4.79 Å². The zero-order valence-corrected chi connectivity index (χ0v) is 20.8. The second-order valence-electron chi connectivity index (χ2n) is 9.69. The summed E-state index contributed by atoms with van der Waals surface area (Å²) in [5.41, 5.74) is 5.96. The molecule has 3 rings (SSSR count). The lowest BCUT2D eigenvalue weighted by atomic mass is 9.78. The van der Waals surface area contributed by atoms with E-state index in [0.29, 0.717) is 22.7 Å². The first kappa shape index (κ1) is 23.9. The molecule has 2 aromatic rings. The van der Waals surface area contributed by atoms with Crippen molar-refractivity contribution in [1.29, 1.82) is 5.26 Å². The summed E-state index contributed by atoms with van der Waals surface area (Å²) in [6, 6.07) is 12.1. The van der Waals surface area contributed by atoms with Crippen molar-refractivity contribution in [2.75, 3.05) is 10.2 Å². The van der Waals surface area contributed by atoms with E-state index in [1.807, 2.05) is 13.8 Å². The number of benzene rings is 2. The van der Waals surface area contributed by atoms with E-state index >= 15 is 0 Å². The summed E-state index contributed by atoms with van der Waals surface area (Å²) in [5.74, 6) is -0.0517. The number of hydrogen-bond acceptors (Lipinski definition) is 3. The smallest absolute Gasteiger partial charge is 0.266 e. The van der Waals surface area contributed by atoms with Crippen LogP contribution in [0, 0.1) is 25.2 Å². The fourth-order valence-electron chi connectivity index (χ4n) is 4.98. The molecule has 4 nitrogen and oxygen atoms in total. The first-order valence-electron chi connectivity index (χ1n) is 11.1. The summed E-state index contributed by atoms with van der Waals surface area (Å²) in [6.45, 7) is 15.2. The van der Waals surface area contributed by atoms with Gasteiger partial charge < -0.3 is 10.2 Å². The minimum Gasteiger partial charge on any atom is -0.364 e. The number of nitrogens with zero attached hydrogens (tertiary/aromatic N) is 2. The van der Waals surface area contributed by atoms with Gasteiger partial charge in [-0.2, -0.15) is 5.26 Å². The van der Waals surface area contributed by atoms with Crippen LogP contribution in [0.25, 0.3) is 6.08 Å². The van der Waals surface area contributed by atoms with Crippen LogP contribution < -0.4 is 10.2 Å². The van der Waals surface area contributed by atoms with Gasteiger partial charge in [0.15, 0.2) is 0 Å². The summed E-state index contributed by atoms with van der Waals surface area (Å²) in [5, 5.41) is 13.1. The van der Waals surface area contributed by atoms with Gasteiger partial charge in [-0.3, -0.25) is 4.79 Å². The second kappa shape index (κ2) is 9.00. The fourth-order valence-corrected chi connectivity index (χ4v) is 5.16. The predicted octanol–water partition coefficient (Wildman–Crippen LogP) is 7.00. The molecule has 1 amide bonds. The van der Waals surface area contributed by atoms with Crippen LogP contribution in [-0.4, -0.2) is 17.5 Å². The molecule has 0 spiro atoms. The maximum absolute atomic E-state index is 12.8. The minimum atomic E-state index is -0.437. The molecule has 0 saturated heterocycles. The van der Waals surface area contributed by atoms with Crippen LogP contribution in [0.15, 0.2) is 35.9 Å². The van der Waals surface area contributed by atoms with Gasteiger partial charge >= 0.3 is 0 Å². The molecule has 32 heavy (non-hydrogen) atoms. The van der Waals surface area contributed by atoms with Crippen LogP contribution in [0.5, 0.6) is 0 Å². The lowest BCUT2D eigenvalue weighted by molar-refractivity contribution is -0.112. The zero-order chi connectivity index (χ0) is 23.8. The van der Waals surface area contributed by atoms with Gasteiger partial charge in [-0.1, -0.05) is 24.6 Å². The number of rotatable bonds is 4. The lowest BCUT2D eigenvalue weighted by Crippen LogP contribution is -2.51. The van der Waals surface area contributed by atoms with Gasteiger partial charge in [-0.15, -0.1) is 0 Å². The minimum absolute atomic E-state index is 0.0664. The third-order valence-electron chi connectivity index (χ3n) is 6.36. The Kier molecular flexibility index (Phi) is 6.72. The van der Waals surface area contributed by atoms with Crippen molar-refractivity contribution >= 4 is 35.0 Å². The molecule has 1 N–H and O–H groups in total. The lowest BCUT2D eigenvalue weighted by Gasteiger charge is -2.50. The molecular formula is C27H32ClN3O. The summed E-state index contributed by atoms with van der Waals surface area (Å²) in [4.78, 5) is 15.3. The van der Waals surface area contributed by atoms with Gasteiger partial charge in [0.25, 0.3) is 5.91 Å². The van der Waals surface area contributed by atoms with Crippen molar-refractivity contribution in [1.82, 2.24) is 0 Å². The Morgan fingerprint density at radius 2 is 2.00 bits per heavy atom. The van der Waals surface area contributed by atoms with E-state index in [1.54, 1.807) is 24.3 Å². The number of nitrogens with one attached hydrogen (secondary N) is 1. The molecule has 0 radical (unpaired) electrons. The van der Waals surface area contributed by atoms with E-state index in [0.717, 1.165) is 23.1 Å². The molecule has 0 aromatic heterocycles. The van der Waals surface area contributed by atoms with Crippen LogP contribution in [0.1, 0.15) is 69.2 Å². The summed E-state index contributed by atoms with van der Waals surface area (Å²) >= 11 is 6.16. The van der Waals surface area contributed by atoms with Gasteiger partial charge in [-0.25, -0.2) is 0 Å². The second-order valence-corrected chi connectivity index (χ2v) is 10.1. The topological polar surface area (TPSA) is 56.1 Å². The predicted molar refractivity (Wildman–Crippen MR) is 134 cm³/mol. The number of anilines is 2. The molecule has 1 aliphatic heterocycles. The van der Waals surface area contributed by atoms with E-state index in [9.17, 15) is 10.1 Å². The van der Waals surface area contributed by atoms with Crippen molar-refractivity contribution in [3.8, 4) is 6.07 Å². The van der Waals surface area contributed by atoms with Gasteiger partial charge in [0, 0.05) is 28.0 Å². The highest BCUT2D eigenvalue weighted by Gasteiger charge is 2.37. The number of fused-ring (bicyclic) bond motifs is 1. The number of carbonyl (C=O) groups excluding carboxylic acids is 1. The Labute approximate surface area is 196 Å². The maximum Gasteiger partial charge on any atom is 0.266 e. The molecule has 0 fully saturated rings. The molecule has 0 aliphatic carbocycles. The fraction of sp³-hybridized carbons (Fsp3) is 0.407. The molecule has 0 bridgehead atoms. The third-order valence-corrected chi connectivity index (χ3v) is 6.77. The zero-order valence-electron chi connectivity index (χ0n) is 20.0. The Bertz CT molecular complexity index is 1120. The Hall–Kier alpha value is -2.77. The normalized spacial score (nSPS) is 17.7. The monoisotopic (exact) mass is 449 g/mol. The number of aryl methyl sites for hydroxylation is 1. The molecule has 1 heterocycles. The Morgan fingerprint density at radius 1 is 1.31 bits per heavy atom. The van der Waals surface area contributed by atoms with E-state index < -0.39 is 5.91 Å². The van der Waals surface area contributed by atoms with E-state index in [4.69, 9.17) is 11.6 Å². The SMILES string of the molecule is Cc1cc2c(cc1/C=C(/C#N)C(=O)Nc1cccc(Cl)c1C)C(C)CC(C)(C)N2C(C)C. The van der Waals surface area contributed by atoms with Crippen LogP contribution in [0.3, 0.4) is 0 Å². The molecule has 0 saturated carbocycles. The molecule has 1 unspecified atom stereocenters. The average molecular weight is 450 g/mol.